The van der Waals surface area contributed by atoms with Gasteiger partial charge in [-0.05, 0) is 55.0 Å². The third kappa shape index (κ3) is 4.06. The van der Waals surface area contributed by atoms with Gasteiger partial charge in [0.25, 0.3) is 0 Å². The number of halogens is 1. The van der Waals surface area contributed by atoms with Gasteiger partial charge in [0.15, 0.2) is 0 Å². The lowest BCUT2D eigenvalue weighted by Crippen LogP contribution is -2.42. The van der Waals surface area contributed by atoms with Gasteiger partial charge in [0.1, 0.15) is 0 Å². The number of piperidine rings is 1. The minimum atomic E-state index is 0.596. The van der Waals surface area contributed by atoms with Crippen LogP contribution in [0.2, 0.25) is 0 Å². The van der Waals surface area contributed by atoms with Crippen LogP contribution in [0.25, 0.3) is 0 Å². The van der Waals surface area contributed by atoms with Gasteiger partial charge in [-0.3, -0.25) is 0 Å². The Morgan fingerprint density at radius 2 is 1.81 bits per heavy atom. The van der Waals surface area contributed by atoms with Crippen molar-refractivity contribution < 1.29 is 0 Å². The second-order valence-corrected chi connectivity index (χ2v) is 5.24. The SMILES string of the molecule is CN(C)C1CCN(/C(N)=C/C=C(\N)Br)CC1. The summed E-state index contributed by atoms with van der Waals surface area (Å²) < 4.78 is 0.596. The van der Waals surface area contributed by atoms with Crippen molar-refractivity contribution in [3.05, 3.63) is 22.6 Å². The number of nitrogens with two attached hydrogens (primary N) is 2. The Labute approximate surface area is 106 Å². The van der Waals surface area contributed by atoms with Gasteiger partial charge in [-0.25, -0.2) is 0 Å². The summed E-state index contributed by atoms with van der Waals surface area (Å²) in [7, 11) is 4.27. The zero-order valence-corrected chi connectivity index (χ0v) is 11.6. The van der Waals surface area contributed by atoms with Crippen molar-refractivity contribution in [2.24, 2.45) is 11.5 Å². The van der Waals surface area contributed by atoms with Crippen molar-refractivity contribution in [3.63, 3.8) is 0 Å². The highest BCUT2D eigenvalue weighted by molar-refractivity contribution is 9.11. The predicted octanol–water partition coefficient (Wildman–Crippen LogP) is 1.01. The summed E-state index contributed by atoms with van der Waals surface area (Å²) >= 11 is 3.17. The molecule has 0 radical (unpaired) electrons. The highest BCUT2D eigenvalue weighted by atomic mass is 79.9. The molecule has 1 rings (SSSR count). The number of hydrogen-bond donors (Lipinski definition) is 2. The monoisotopic (exact) mass is 288 g/mol. The summed E-state index contributed by atoms with van der Waals surface area (Å²) in [4.78, 5) is 4.49. The maximum Gasteiger partial charge on any atom is 0.0987 e. The van der Waals surface area contributed by atoms with Crippen LogP contribution in [0, 0.1) is 0 Å². The van der Waals surface area contributed by atoms with Gasteiger partial charge in [-0.15, -0.1) is 0 Å². The lowest BCUT2D eigenvalue weighted by Gasteiger charge is -2.36. The second-order valence-electron chi connectivity index (χ2n) is 4.32. The molecule has 92 valence electrons. The lowest BCUT2D eigenvalue weighted by molar-refractivity contribution is 0.169. The van der Waals surface area contributed by atoms with Crippen molar-refractivity contribution in [3.8, 4) is 0 Å². The molecule has 0 aromatic heterocycles. The Balaban J connectivity index is 2.47. The number of allylic oxidation sites excluding steroid dienone is 2. The van der Waals surface area contributed by atoms with Crippen LogP contribution in [0.5, 0.6) is 0 Å². The molecule has 1 saturated heterocycles. The molecular weight excluding hydrogens is 268 g/mol. The summed E-state index contributed by atoms with van der Waals surface area (Å²) in [5.74, 6) is 0.791. The van der Waals surface area contributed by atoms with Crippen LogP contribution >= 0.6 is 15.9 Å². The van der Waals surface area contributed by atoms with Crippen molar-refractivity contribution in [2.75, 3.05) is 27.2 Å². The van der Waals surface area contributed by atoms with Crippen LogP contribution in [-0.4, -0.2) is 43.0 Å². The number of hydrogen-bond acceptors (Lipinski definition) is 4. The van der Waals surface area contributed by atoms with Crippen LogP contribution in [0.15, 0.2) is 22.6 Å². The number of rotatable bonds is 3. The number of likely N-dealkylation sites (tertiary alicyclic amines) is 1. The first-order valence-electron chi connectivity index (χ1n) is 5.50. The van der Waals surface area contributed by atoms with Gasteiger partial charge in [-0.1, -0.05) is 0 Å². The normalized spacial score (nSPS) is 20.6. The molecule has 1 fully saturated rings. The molecular formula is C11H21BrN4. The van der Waals surface area contributed by atoms with Gasteiger partial charge < -0.3 is 21.3 Å². The molecule has 4 nitrogen and oxygen atoms in total. The highest BCUT2D eigenvalue weighted by Gasteiger charge is 2.20. The van der Waals surface area contributed by atoms with Gasteiger partial charge in [0, 0.05) is 19.1 Å². The average molecular weight is 289 g/mol. The quantitative estimate of drug-likeness (QED) is 0.601. The Morgan fingerprint density at radius 1 is 1.25 bits per heavy atom. The molecule has 0 amide bonds. The smallest absolute Gasteiger partial charge is 0.0987 e. The van der Waals surface area contributed by atoms with Gasteiger partial charge in [0.05, 0.1) is 10.4 Å². The molecule has 0 aliphatic carbocycles. The Bertz CT molecular complexity index is 274. The van der Waals surface area contributed by atoms with E-state index in [9.17, 15) is 0 Å². The van der Waals surface area contributed by atoms with Crippen LogP contribution in [-0.2, 0) is 0 Å². The van der Waals surface area contributed by atoms with E-state index in [4.69, 9.17) is 11.5 Å². The Morgan fingerprint density at radius 3 is 2.25 bits per heavy atom. The third-order valence-corrected chi connectivity index (χ3v) is 3.24. The molecule has 1 heterocycles. The fraction of sp³-hybridized carbons (Fsp3) is 0.636. The molecule has 1 aliphatic rings. The molecule has 0 aromatic carbocycles. The molecule has 0 saturated carbocycles. The number of nitrogens with zero attached hydrogens (tertiary/aromatic N) is 2. The molecule has 0 aromatic rings. The maximum absolute atomic E-state index is 5.97. The first-order valence-corrected chi connectivity index (χ1v) is 6.30. The van der Waals surface area contributed by atoms with Crippen molar-refractivity contribution in [1.29, 1.82) is 0 Å². The maximum atomic E-state index is 5.97. The first kappa shape index (κ1) is 13.4. The van der Waals surface area contributed by atoms with Crippen LogP contribution in [0.3, 0.4) is 0 Å². The summed E-state index contributed by atoms with van der Waals surface area (Å²) in [6.07, 6.45) is 5.94. The standard InChI is InChI=1S/C11H21BrN4/c1-15(2)9-5-7-16(8-6-9)11(14)4-3-10(12)13/h3-4,9H,5-8,13-14H2,1-2H3/b10-3-,11-4+. The molecule has 0 spiro atoms. The van der Waals surface area contributed by atoms with E-state index >= 15 is 0 Å². The van der Waals surface area contributed by atoms with Gasteiger partial charge >= 0.3 is 0 Å². The van der Waals surface area contributed by atoms with Crippen molar-refractivity contribution in [2.45, 2.75) is 18.9 Å². The highest BCUT2D eigenvalue weighted by Crippen LogP contribution is 2.16. The molecule has 4 N–H and O–H groups in total. The average Bonchev–Trinajstić information content (AvgIpc) is 2.26. The summed E-state index contributed by atoms with van der Waals surface area (Å²) in [5, 5.41) is 0. The lowest BCUT2D eigenvalue weighted by atomic mass is 10.0. The molecule has 16 heavy (non-hydrogen) atoms. The van der Waals surface area contributed by atoms with Crippen LogP contribution < -0.4 is 11.5 Å². The molecule has 0 unspecified atom stereocenters. The fourth-order valence-electron chi connectivity index (χ4n) is 1.91. The summed E-state index contributed by atoms with van der Waals surface area (Å²) in [6, 6.07) is 0.681. The second kappa shape index (κ2) is 6.15. The predicted molar refractivity (Wildman–Crippen MR) is 71.7 cm³/mol. The molecule has 1 aliphatic heterocycles. The van der Waals surface area contributed by atoms with Crippen molar-refractivity contribution in [1.82, 2.24) is 9.80 Å². The minimum Gasteiger partial charge on any atom is -0.393 e. The van der Waals surface area contributed by atoms with E-state index in [2.05, 4.69) is 39.8 Å². The minimum absolute atomic E-state index is 0.596. The van der Waals surface area contributed by atoms with E-state index in [1.807, 2.05) is 6.08 Å². The molecule has 5 heteroatoms. The van der Waals surface area contributed by atoms with E-state index in [0.29, 0.717) is 10.6 Å². The zero-order valence-electron chi connectivity index (χ0n) is 9.99. The topological polar surface area (TPSA) is 58.5 Å². The summed E-state index contributed by atoms with van der Waals surface area (Å²) in [6.45, 7) is 2.03. The Kier molecular flexibility index (Phi) is 5.15. The van der Waals surface area contributed by atoms with Gasteiger partial charge in [-0.2, -0.15) is 0 Å². The largest absolute Gasteiger partial charge is 0.393 e. The van der Waals surface area contributed by atoms with Crippen LogP contribution in [0.1, 0.15) is 12.8 Å². The third-order valence-electron chi connectivity index (χ3n) is 2.97. The van der Waals surface area contributed by atoms with E-state index in [1.165, 1.54) is 0 Å². The van der Waals surface area contributed by atoms with E-state index < -0.39 is 0 Å². The van der Waals surface area contributed by atoms with Gasteiger partial charge in [0.2, 0.25) is 0 Å². The van der Waals surface area contributed by atoms with Crippen molar-refractivity contribution >= 4 is 15.9 Å². The molecule has 0 atom stereocenters. The van der Waals surface area contributed by atoms with Crippen LogP contribution in [0.4, 0.5) is 0 Å². The van der Waals surface area contributed by atoms with E-state index in [1.54, 1.807) is 6.08 Å². The van der Waals surface area contributed by atoms with E-state index in [0.717, 1.165) is 31.8 Å². The molecule has 0 bridgehead atoms. The zero-order chi connectivity index (χ0) is 12.1. The Hall–Kier alpha value is -0.680. The summed E-state index contributed by atoms with van der Waals surface area (Å²) in [5.41, 5.74) is 11.5. The first-order chi connectivity index (χ1) is 7.50. The fourth-order valence-corrected chi connectivity index (χ4v) is 2.04. The van der Waals surface area contributed by atoms with E-state index in [-0.39, 0.29) is 0 Å².